The van der Waals surface area contributed by atoms with Gasteiger partial charge in [-0.2, -0.15) is 11.8 Å². The van der Waals surface area contributed by atoms with E-state index in [-0.39, 0.29) is 24.0 Å². The Hall–Kier alpha value is -1.49. The van der Waals surface area contributed by atoms with Gasteiger partial charge in [0.25, 0.3) is 0 Å². The number of aliphatic imine (C=N–C) groups is 1. The molecule has 2 heterocycles. The molecule has 7 nitrogen and oxygen atoms in total. The molecule has 0 radical (unpaired) electrons. The molecule has 1 saturated heterocycles. The van der Waals surface area contributed by atoms with Crippen molar-refractivity contribution in [2.24, 2.45) is 12.0 Å². The van der Waals surface area contributed by atoms with Crippen LogP contribution in [0.1, 0.15) is 49.3 Å². The minimum absolute atomic E-state index is 0. The second-order valence-corrected chi connectivity index (χ2v) is 10.1. The van der Waals surface area contributed by atoms with Crippen molar-refractivity contribution in [1.29, 1.82) is 0 Å². The molecule has 1 saturated carbocycles. The normalized spacial score (nSPS) is 18.3. The van der Waals surface area contributed by atoms with E-state index in [0.29, 0.717) is 17.8 Å². The molecule has 1 aromatic heterocycles. The van der Waals surface area contributed by atoms with E-state index in [1.54, 1.807) is 7.11 Å². The molecule has 9 heteroatoms. The summed E-state index contributed by atoms with van der Waals surface area (Å²) in [6.45, 7) is 5.34. The predicted octanol–water partition coefficient (Wildman–Crippen LogP) is 4.15. The average Bonchev–Trinajstić information content (AvgIpc) is 3.12. The van der Waals surface area contributed by atoms with Gasteiger partial charge < -0.3 is 19.5 Å². The van der Waals surface area contributed by atoms with E-state index in [1.807, 2.05) is 30.7 Å². The highest BCUT2D eigenvalue weighted by Crippen LogP contribution is 2.42. The summed E-state index contributed by atoms with van der Waals surface area (Å²) in [5.41, 5.74) is 1.17. The Labute approximate surface area is 212 Å². The summed E-state index contributed by atoms with van der Waals surface area (Å²) in [7, 11) is 3.70. The van der Waals surface area contributed by atoms with Gasteiger partial charge in [0.05, 0.1) is 20.2 Å². The van der Waals surface area contributed by atoms with E-state index in [1.165, 1.54) is 37.7 Å². The molecular formula is C23H35IN6OS. The van der Waals surface area contributed by atoms with Gasteiger partial charge in [0.2, 0.25) is 0 Å². The number of benzene rings is 1. The van der Waals surface area contributed by atoms with E-state index >= 15 is 0 Å². The Kier molecular flexibility index (Phi) is 9.10. The average molecular weight is 571 g/mol. The molecule has 176 valence electrons. The molecule has 1 aliphatic heterocycles. The summed E-state index contributed by atoms with van der Waals surface area (Å²) in [6, 6.07) is 8.16. The van der Waals surface area contributed by atoms with Crippen LogP contribution in [-0.2, 0) is 20.1 Å². The Morgan fingerprint density at radius 3 is 2.59 bits per heavy atom. The van der Waals surface area contributed by atoms with Crippen molar-refractivity contribution in [3.8, 4) is 5.75 Å². The molecule has 1 aliphatic carbocycles. The van der Waals surface area contributed by atoms with Gasteiger partial charge >= 0.3 is 0 Å². The summed E-state index contributed by atoms with van der Waals surface area (Å²) in [5.74, 6) is 4.85. The van der Waals surface area contributed by atoms with E-state index < -0.39 is 0 Å². The minimum Gasteiger partial charge on any atom is -0.497 e. The van der Waals surface area contributed by atoms with Gasteiger partial charge in [0.1, 0.15) is 11.6 Å². The summed E-state index contributed by atoms with van der Waals surface area (Å²) in [6.07, 6.45) is 6.73. The third-order valence-corrected chi connectivity index (χ3v) is 8.01. The highest BCUT2D eigenvalue weighted by atomic mass is 127. The maximum atomic E-state index is 5.28. The molecule has 0 bridgehead atoms. The number of halogens is 1. The summed E-state index contributed by atoms with van der Waals surface area (Å²) < 4.78 is 7.70. The van der Waals surface area contributed by atoms with E-state index in [0.717, 1.165) is 42.2 Å². The maximum Gasteiger partial charge on any atom is 0.194 e. The zero-order chi connectivity index (χ0) is 21.7. The van der Waals surface area contributed by atoms with Gasteiger partial charge in [-0.1, -0.05) is 31.4 Å². The Morgan fingerprint density at radius 2 is 1.94 bits per heavy atom. The maximum absolute atomic E-state index is 5.28. The van der Waals surface area contributed by atoms with Crippen molar-refractivity contribution in [1.82, 2.24) is 25.0 Å². The first-order chi connectivity index (χ1) is 15.1. The predicted molar refractivity (Wildman–Crippen MR) is 142 cm³/mol. The fraction of sp³-hybridized carbons (Fsp3) is 0.609. The zero-order valence-corrected chi connectivity index (χ0v) is 22.5. The number of rotatable bonds is 5. The van der Waals surface area contributed by atoms with Gasteiger partial charge in [-0.05, 0) is 37.5 Å². The summed E-state index contributed by atoms with van der Waals surface area (Å²) in [5, 5.41) is 12.1. The Morgan fingerprint density at radius 1 is 1.19 bits per heavy atom. The quantitative estimate of drug-likeness (QED) is 0.331. The van der Waals surface area contributed by atoms with Crippen LogP contribution in [0.3, 0.4) is 0 Å². The number of aromatic nitrogens is 3. The smallest absolute Gasteiger partial charge is 0.194 e. The lowest BCUT2D eigenvalue weighted by Crippen LogP contribution is -2.53. The lowest BCUT2D eigenvalue weighted by molar-refractivity contribution is 0.292. The van der Waals surface area contributed by atoms with Crippen LogP contribution in [0.15, 0.2) is 29.3 Å². The van der Waals surface area contributed by atoms with Crippen LogP contribution in [0.2, 0.25) is 0 Å². The first-order valence-electron chi connectivity index (χ1n) is 11.2. The fourth-order valence-electron chi connectivity index (χ4n) is 4.45. The molecule has 2 fully saturated rings. The number of hydrogen-bond acceptors (Lipinski definition) is 5. The third kappa shape index (κ3) is 6.09. The molecule has 2 aliphatic rings. The molecule has 32 heavy (non-hydrogen) atoms. The number of nitrogens with one attached hydrogen (secondary N) is 1. The number of nitrogens with zero attached hydrogens (tertiary/aromatic N) is 5. The molecule has 0 unspecified atom stereocenters. The third-order valence-electron chi connectivity index (χ3n) is 6.47. The van der Waals surface area contributed by atoms with Crippen LogP contribution >= 0.6 is 35.7 Å². The van der Waals surface area contributed by atoms with E-state index in [2.05, 4.69) is 44.3 Å². The van der Waals surface area contributed by atoms with Crippen LogP contribution in [-0.4, -0.2) is 56.3 Å². The highest BCUT2D eigenvalue weighted by molar-refractivity contribution is 14.0. The Balaban J connectivity index is 0.00000289. The van der Waals surface area contributed by atoms with Gasteiger partial charge in [0, 0.05) is 30.6 Å². The van der Waals surface area contributed by atoms with Crippen LogP contribution in [0.5, 0.6) is 5.75 Å². The van der Waals surface area contributed by atoms with Crippen molar-refractivity contribution in [2.45, 2.75) is 56.9 Å². The topological polar surface area (TPSA) is 67.6 Å². The van der Waals surface area contributed by atoms with Crippen LogP contribution < -0.4 is 10.1 Å². The highest BCUT2D eigenvalue weighted by Gasteiger charge is 2.38. The summed E-state index contributed by atoms with van der Waals surface area (Å²) >= 11 is 2.18. The first-order valence-corrected chi connectivity index (χ1v) is 12.2. The standard InChI is InChI=1S/C23H34N6OS.HI/c1-18-26-27-21(28(18)2)16-25-22(24-15-19-7-9-20(30-3)10-8-19)29-13-14-31-23(17-29)11-5-4-6-12-23;/h7-10H,4-6,11-17H2,1-3H3,(H,24,25);1H. The van der Waals surface area contributed by atoms with Crippen LogP contribution in [0.25, 0.3) is 0 Å². The number of thioether (sulfide) groups is 1. The van der Waals surface area contributed by atoms with Crippen molar-refractivity contribution in [2.75, 3.05) is 26.0 Å². The van der Waals surface area contributed by atoms with Crippen molar-refractivity contribution >= 4 is 41.7 Å². The molecular weight excluding hydrogens is 535 g/mol. The Bertz CT molecular complexity index is 889. The second-order valence-electron chi connectivity index (χ2n) is 8.58. The lowest BCUT2D eigenvalue weighted by atomic mass is 9.87. The van der Waals surface area contributed by atoms with Crippen molar-refractivity contribution in [3.05, 3.63) is 41.5 Å². The molecule has 1 aromatic carbocycles. The monoisotopic (exact) mass is 570 g/mol. The summed E-state index contributed by atoms with van der Waals surface area (Å²) in [4.78, 5) is 7.49. The SMILES string of the molecule is COc1ccc(CN=C(NCc2nnc(C)n2C)N2CCSC3(CCCCC3)C2)cc1.I. The van der Waals surface area contributed by atoms with Crippen molar-refractivity contribution in [3.63, 3.8) is 0 Å². The second kappa shape index (κ2) is 11.6. The molecule has 1 spiro atoms. The lowest BCUT2D eigenvalue weighted by Gasteiger charge is -2.45. The van der Waals surface area contributed by atoms with Gasteiger partial charge in [-0.25, -0.2) is 4.99 Å². The molecule has 4 rings (SSSR count). The van der Waals surface area contributed by atoms with E-state index in [4.69, 9.17) is 9.73 Å². The number of ether oxygens (including phenoxy) is 1. The largest absolute Gasteiger partial charge is 0.497 e. The molecule has 0 amide bonds. The molecule has 1 N–H and O–H groups in total. The first kappa shape index (κ1) is 25.1. The van der Waals surface area contributed by atoms with Gasteiger partial charge in [-0.3, -0.25) is 0 Å². The zero-order valence-electron chi connectivity index (χ0n) is 19.3. The van der Waals surface area contributed by atoms with Crippen molar-refractivity contribution < 1.29 is 4.74 Å². The number of hydrogen-bond donors (Lipinski definition) is 1. The van der Waals surface area contributed by atoms with E-state index in [9.17, 15) is 0 Å². The van der Waals surface area contributed by atoms with Gasteiger partial charge in [-0.15, -0.1) is 34.2 Å². The minimum atomic E-state index is 0. The molecule has 2 aromatic rings. The van der Waals surface area contributed by atoms with Crippen LogP contribution in [0.4, 0.5) is 0 Å². The fourth-order valence-corrected chi connectivity index (χ4v) is 6.02. The number of methoxy groups -OCH3 is 1. The molecule has 0 atom stereocenters. The number of aryl methyl sites for hydroxylation is 1. The number of guanidine groups is 1. The van der Waals surface area contributed by atoms with Crippen LogP contribution in [0, 0.1) is 6.92 Å². The van der Waals surface area contributed by atoms with Gasteiger partial charge in [0.15, 0.2) is 11.8 Å².